The fraction of sp³-hybridized carbons (Fsp3) is 0.750. The van der Waals surface area contributed by atoms with Crippen LogP contribution in [0.5, 0.6) is 0 Å². The number of nitrogens with one attached hydrogen (secondary N) is 1. The van der Waals surface area contributed by atoms with Gasteiger partial charge in [0.2, 0.25) is 5.91 Å². The molecule has 4 aliphatic heterocycles. The van der Waals surface area contributed by atoms with Gasteiger partial charge in [-0.2, -0.15) is 0 Å². The van der Waals surface area contributed by atoms with Gasteiger partial charge in [-0.05, 0) is 30.8 Å². The van der Waals surface area contributed by atoms with Crippen LogP contribution in [0.4, 0.5) is 0 Å². The highest BCUT2D eigenvalue weighted by Gasteiger charge is 2.47. The third-order valence-corrected chi connectivity index (χ3v) is 7.01. The maximum atomic E-state index is 13.0. The van der Waals surface area contributed by atoms with Crippen molar-refractivity contribution in [3.05, 3.63) is 18.0 Å². The van der Waals surface area contributed by atoms with E-state index < -0.39 is 0 Å². The number of morpholine rings is 1. The summed E-state index contributed by atoms with van der Waals surface area (Å²) in [7, 11) is 0. The lowest BCUT2D eigenvalue weighted by Crippen LogP contribution is -3.20. The number of amides is 1. The molecule has 1 N–H and O–H groups in total. The molecule has 1 aromatic heterocycles. The van der Waals surface area contributed by atoms with E-state index in [-0.39, 0.29) is 5.92 Å². The number of nitrogens with zero attached hydrogens (tertiary/aromatic N) is 4. The summed E-state index contributed by atoms with van der Waals surface area (Å²) >= 11 is 0. The van der Waals surface area contributed by atoms with Crippen LogP contribution < -0.4 is 4.90 Å². The van der Waals surface area contributed by atoms with Gasteiger partial charge in [0.1, 0.15) is 11.7 Å². The molecular formula is C20H30N5O2+. The van der Waals surface area contributed by atoms with Gasteiger partial charge in [-0.3, -0.25) is 4.79 Å². The molecule has 1 amide bonds. The average molecular weight is 372 g/mol. The monoisotopic (exact) mass is 372 g/mol. The zero-order chi connectivity index (χ0) is 18.2. The number of rotatable bonds is 4. The Morgan fingerprint density at radius 1 is 1.33 bits per heavy atom. The predicted octanol–water partition coefficient (Wildman–Crippen LogP) is -0.00250. The maximum absolute atomic E-state index is 13.0. The molecular weight excluding hydrogens is 342 g/mol. The largest absolute Gasteiger partial charge is 0.378 e. The molecule has 146 valence electrons. The first-order valence-corrected chi connectivity index (χ1v) is 10.6. The molecule has 7 nitrogen and oxygen atoms in total. The molecule has 0 saturated carbocycles. The number of ether oxygens (including phenoxy) is 1. The topological polar surface area (TPSA) is 64.7 Å². The molecule has 0 aromatic carbocycles. The van der Waals surface area contributed by atoms with Crippen LogP contribution in [0.15, 0.2) is 12.3 Å². The summed E-state index contributed by atoms with van der Waals surface area (Å²) in [4.78, 5) is 16.6. The summed E-state index contributed by atoms with van der Waals surface area (Å²) in [6.45, 7) is 6.00. The highest BCUT2D eigenvalue weighted by molar-refractivity contribution is 5.79. The Bertz CT molecular complexity index is 724. The number of hydrogen-bond donors (Lipinski definition) is 1. The molecule has 1 aromatic rings. The number of quaternary nitrogens is 1. The molecule has 5 aliphatic rings. The van der Waals surface area contributed by atoms with Crippen molar-refractivity contribution in [3.8, 4) is 0 Å². The highest BCUT2D eigenvalue weighted by atomic mass is 16.5. The van der Waals surface area contributed by atoms with E-state index in [4.69, 9.17) is 4.74 Å². The summed E-state index contributed by atoms with van der Waals surface area (Å²) in [6.07, 6.45) is 10.3. The molecule has 7 heteroatoms. The Morgan fingerprint density at radius 3 is 2.96 bits per heavy atom. The number of carbonyl (C=O) groups excluding carboxylic acids is 1. The molecule has 4 atom stereocenters. The molecule has 4 saturated heterocycles. The summed E-state index contributed by atoms with van der Waals surface area (Å²) in [5, 5.41) is 8.78. The van der Waals surface area contributed by atoms with Gasteiger partial charge in [-0.15, -0.1) is 5.10 Å². The van der Waals surface area contributed by atoms with E-state index in [2.05, 4.69) is 22.6 Å². The van der Waals surface area contributed by atoms with Gasteiger partial charge in [0.15, 0.2) is 0 Å². The lowest BCUT2D eigenvalue weighted by molar-refractivity contribution is -0.945. The zero-order valence-corrected chi connectivity index (χ0v) is 16.0. The Labute approximate surface area is 160 Å². The molecule has 2 bridgehead atoms. The highest BCUT2D eigenvalue weighted by Crippen LogP contribution is 2.30. The third kappa shape index (κ3) is 3.43. The van der Waals surface area contributed by atoms with Crippen LogP contribution in [-0.4, -0.2) is 71.2 Å². The van der Waals surface area contributed by atoms with Crippen LogP contribution >= 0.6 is 0 Å². The predicted molar refractivity (Wildman–Crippen MR) is 99.9 cm³/mol. The van der Waals surface area contributed by atoms with Gasteiger partial charge in [0, 0.05) is 25.9 Å². The summed E-state index contributed by atoms with van der Waals surface area (Å²) < 4.78 is 7.44. The maximum Gasteiger partial charge on any atom is 0.231 e. The van der Waals surface area contributed by atoms with E-state index >= 15 is 0 Å². The SMILES string of the molecule is O=C([C@H]1C[NH+]2CC[C@H]1C[C@@H]2Cn1cc(C2=CCCC2)nn1)N1CCOCC1. The van der Waals surface area contributed by atoms with Crippen LogP contribution in [0, 0.1) is 11.8 Å². The van der Waals surface area contributed by atoms with Crippen molar-refractivity contribution in [2.75, 3.05) is 39.4 Å². The van der Waals surface area contributed by atoms with Gasteiger partial charge < -0.3 is 14.5 Å². The fourth-order valence-corrected chi connectivity index (χ4v) is 5.48. The van der Waals surface area contributed by atoms with Crippen molar-refractivity contribution in [2.45, 2.75) is 44.7 Å². The second-order valence-corrected chi connectivity index (χ2v) is 8.59. The molecule has 5 heterocycles. The second kappa shape index (κ2) is 7.36. The lowest BCUT2D eigenvalue weighted by Gasteiger charge is -2.47. The molecule has 6 rings (SSSR count). The fourth-order valence-electron chi connectivity index (χ4n) is 5.48. The molecule has 4 fully saturated rings. The number of piperidine rings is 3. The van der Waals surface area contributed by atoms with E-state index in [1.807, 2.05) is 9.58 Å². The number of aromatic nitrogens is 3. The van der Waals surface area contributed by atoms with Gasteiger partial charge in [0.25, 0.3) is 0 Å². The first kappa shape index (κ1) is 17.4. The Morgan fingerprint density at radius 2 is 2.22 bits per heavy atom. The van der Waals surface area contributed by atoms with Gasteiger partial charge in [0.05, 0.1) is 45.0 Å². The molecule has 0 radical (unpaired) electrons. The number of allylic oxidation sites excluding steroid dienone is 2. The number of carbonyl (C=O) groups is 1. The minimum absolute atomic E-state index is 0.207. The van der Waals surface area contributed by atoms with Gasteiger partial charge >= 0.3 is 0 Å². The Balaban J connectivity index is 1.22. The quantitative estimate of drug-likeness (QED) is 0.808. The van der Waals surface area contributed by atoms with Gasteiger partial charge in [-0.25, -0.2) is 4.68 Å². The molecule has 0 spiro atoms. The summed E-state index contributed by atoms with van der Waals surface area (Å²) in [5.41, 5.74) is 2.41. The first-order valence-electron chi connectivity index (χ1n) is 10.6. The first-order chi connectivity index (χ1) is 13.3. The van der Waals surface area contributed by atoms with Crippen molar-refractivity contribution >= 4 is 11.5 Å². The van der Waals surface area contributed by atoms with E-state index in [1.165, 1.54) is 31.4 Å². The van der Waals surface area contributed by atoms with Crippen molar-refractivity contribution < 1.29 is 14.4 Å². The minimum Gasteiger partial charge on any atom is -0.378 e. The number of hydrogen-bond acceptors (Lipinski definition) is 4. The Kier molecular flexibility index (Phi) is 4.73. The van der Waals surface area contributed by atoms with E-state index in [9.17, 15) is 4.79 Å². The van der Waals surface area contributed by atoms with Crippen molar-refractivity contribution in [1.29, 1.82) is 0 Å². The van der Waals surface area contributed by atoms with Gasteiger partial charge in [-0.1, -0.05) is 11.3 Å². The Hall–Kier alpha value is -1.73. The van der Waals surface area contributed by atoms with Crippen molar-refractivity contribution in [1.82, 2.24) is 19.9 Å². The standard InChI is InChI=1S/C20H29N5O2/c26-20(23-7-9-27-10-8-23)18-13-24-6-5-16(18)11-17(24)12-25-14-19(21-22-25)15-3-1-2-4-15/h3,14,16-18H,1-2,4-13H2/p+1/t16-,17+,18-/m0/s1. The summed E-state index contributed by atoms with van der Waals surface area (Å²) in [6, 6.07) is 0.560. The summed E-state index contributed by atoms with van der Waals surface area (Å²) in [5.74, 6) is 1.11. The van der Waals surface area contributed by atoms with Crippen LogP contribution in [0.25, 0.3) is 5.57 Å². The smallest absolute Gasteiger partial charge is 0.231 e. The van der Waals surface area contributed by atoms with E-state index in [1.54, 1.807) is 4.90 Å². The average Bonchev–Trinajstić information content (AvgIpc) is 3.40. The zero-order valence-electron chi connectivity index (χ0n) is 16.0. The molecule has 1 aliphatic carbocycles. The van der Waals surface area contributed by atoms with E-state index in [0.29, 0.717) is 31.1 Å². The molecule has 27 heavy (non-hydrogen) atoms. The normalized spacial score (nSPS) is 33.3. The van der Waals surface area contributed by atoms with Crippen LogP contribution in [0.1, 0.15) is 37.8 Å². The van der Waals surface area contributed by atoms with Crippen LogP contribution in [0.2, 0.25) is 0 Å². The van der Waals surface area contributed by atoms with E-state index in [0.717, 1.165) is 44.7 Å². The van der Waals surface area contributed by atoms with Crippen molar-refractivity contribution in [3.63, 3.8) is 0 Å². The third-order valence-electron chi connectivity index (χ3n) is 7.01. The minimum atomic E-state index is 0.207. The number of fused-ring (bicyclic) bond motifs is 3. The van der Waals surface area contributed by atoms with Crippen molar-refractivity contribution in [2.24, 2.45) is 11.8 Å². The van der Waals surface area contributed by atoms with Crippen LogP contribution in [-0.2, 0) is 16.1 Å². The van der Waals surface area contributed by atoms with Crippen LogP contribution in [0.3, 0.4) is 0 Å². The second-order valence-electron chi connectivity index (χ2n) is 8.59. The molecule has 1 unspecified atom stereocenters. The lowest BCUT2D eigenvalue weighted by atomic mass is 9.75.